The van der Waals surface area contributed by atoms with E-state index in [-0.39, 0.29) is 12.1 Å². The Morgan fingerprint density at radius 2 is 1.93 bits per heavy atom. The van der Waals surface area contributed by atoms with Crippen molar-refractivity contribution in [3.05, 3.63) is 48.1 Å². The zero-order valence-corrected chi connectivity index (χ0v) is 17.1. The summed E-state index contributed by atoms with van der Waals surface area (Å²) in [6.07, 6.45) is 6.01. The number of nitrogens with zero attached hydrogens (tertiary/aromatic N) is 4. The molecule has 1 aromatic carbocycles. The summed E-state index contributed by atoms with van der Waals surface area (Å²) in [6.45, 7) is 6.16. The topological polar surface area (TPSA) is 68.3 Å². The number of benzene rings is 1. The van der Waals surface area contributed by atoms with E-state index < -0.39 is 0 Å². The number of anilines is 4. The molecule has 0 amide bonds. The second kappa shape index (κ2) is 8.24. The van der Waals surface area contributed by atoms with Gasteiger partial charge in [0.05, 0.1) is 6.20 Å². The molecule has 1 aromatic heterocycles. The molecular weight excluding hydrogens is 369 g/mol. The lowest BCUT2D eigenvalue weighted by molar-refractivity contribution is 0.392. The first-order valence-corrected chi connectivity index (χ1v) is 10.0. The minimum absolute atomic E-state index is 0.0154. The molecule has 1 atom stereocenters. The first-order valence-electron chi connectivity index (χ1n) is 10.0. The van der Waals surface area contributed by atoms with Gasteiger partial charge < -0.3 is 25.8 Å². The van der Waals surface area contributed by atoms with Crippen molar-refractivity contribution in [1.29, 1.82) is 0 Å². The lowest BCUT2D eigenvalue weighted by atomic mass is 10.1. The zero-order chi connectivity index (χ0) is 20.4. The van der Waals surface area contributed by atoms with Crippen LogP contribution >= 0.6 is 0 Å². The van der Waals surface area contributed by atoms with Gasteiger partial charge in [0.1, 0.15) is 11.5 Å². The summed E-state index contributed by atoms with van der Waals surface area (Å²) in [7, 11) is 2.06. The Balaban J connectivity index is 1.65. The molecule has 1 saturated heterocycles. The van der Waals surface area contributed by atoms with Gasteiger partial charge in [0, 0.05) is 18.8 Å². The summed E-state index contributed by atoms with van der Waals surface area (Å²) in [5.74, 6) is 1.15. The first-order chi connectivity index (χ1) is 14.0. The summed E-state index contributed by atoms with van der Waals surface area (Å²) in [6, 6.07) is 6.59. The van der Waals surface area contributed by atoms with Gasteiger partial charge >= 0.3 is 0 Å². The summed E-state index contributed by atoms with van der Waals surface area (Å²) in [5.41, 5.74) is 2.96. The molecule has 29 heavy (non-hydrogen) atoms. The SMILES string of the molecule is CC(C)=CNC1N(C)c2cnc(Nc3ccc(F)cc3)nc2N1C1CCNCC1. The van der Waals surface area contributed by atoms with E-state index in [1.54, 1.807) is 12.1 Å². The Morgan fingerprint density at radius 1 is 1.21 bits per heavy atom. The van der Waals surface area contributed by atoms with Crippen molar-refractivity contribution in [2.75, 3.05) is 35.3 Å². The molecule has 0 spiro atoms. The molecule has 1 unspecified atom stereocenters. The molecule has 1 fully saturated rings. The number of allylic oxidation sites excluding steroid dienone is 1. The fraction of sp³-hybridized carbons (Fsp3) is 0.429. The molecule has 0 bridgehead atoms. The van der Waals surface area contributed by atoms with Crippen molar-refractivity contribution >= 4 is 23.1 Å². The number of hydrogen-bond acceptors (Lipinski definition) is 7. The predicted molar refractivity (Wildman–Crippen MR) is 115 cm³/mol. The van der Waals surface area contributed by atoms with E-state index in [9.17, 15) is 4.39 Å². The van der Waals surface area contributed by atoms with Crippen molar-refractivity contribution in [1.82, 2.24) is 20.6 Å². The number of hydrogen-bond donors (Lipinski definition) is 3. The lowest BCUT2D eigenvalue weighted by Gasteiger charge is -2.38. The minimum atomic E-state index is -0.266. The summed E-state index contributed by atoms with van der Waals surface area (Å²) < 4.78 is 13.2. The van der Waals surface area contributed by atoms with Gasteiger partial charge in [-0.1, -0.05) is 5.57 Å². The molecule has 8 heteroatoms. The normalized spacial score (nSPS) is 19.1. The van der Waals surface area contributed by atoms with E-state index in [0.29, 0.717) is 12.0 Å². The average Bonchev–Trinajstić information content (AvgIpc) is 3.00. The van der Waals surface area contributed by atoms with Gasteiger partial charge in [0.2, 0.25) is 5.95 Å². The third-order valence-corrected chi connectivity index (χ3v) is 5.33. The molecule has 0 radical (unpaired) electrons. The van der Waals surface area contributed by atoms with E-state index in [0.717, 1.165) is 43.1 Å². The third-order valence-electron chi connectivity index (χ3n) is 5.33. The van der Waals surface area contributed by atoms with Gasteiger partial charge in [-0.3, -0.25) is 0 Å². The second-order valence-corrected chi connectivity index (χ2v) is 7.80. The number of piperidine rings is 1. The number of aromatic nitrogens is 2. The van der Waals surface area contributed by atoms with Crippen LogP contribution in [0.2, 0.25) is 0 Å². The highest BCUT2D eigenvalue weighted by atomic mass is 19.1. The highest BCUT2D eigenvalue weighted by Crippen LogP contribution is 2.39. The summed E-state index contributed by atoms with van der Waals surface area (Å²) in [5, 5.41) is 10.2. The quantitative estimate of drug-likeness (QED) is 0.716. The molecule has 7 nitrogen and oxygen atoms in total. The Labute approximate surface area is 171 Å². The van der Waals surface area contributed by atoms with Gasteiger partial charge in [-0.25, -0.2) is 9.37 Å². The van der Waals surface area contributed by atoms with Crippen LogP contribution in [0.25, 0.3) is 0 Å². The monoisotopic (exact) mass is 397 g/mol. The smallest absolute Gasteiger partial charge is 0.229 e. The van der Waals surface area contributed by atoms with Crippen LogP contribution in [0.4, 0.5) is 27.5 Å². The molecule has 2 aliphatic heterocycles. The molecule has 4 rings (SSSR count). The highest BCUT2D eigenvalue weighted by molar-refractivity contribution is 5.75. The maximum atomic E-state index is 13.2. The van der Waals surface area contributed by atoms with Gasteiger partial charge in [0.15, 0.2) is 12.1 Å². The van der Waals surface area contributed by atoms with Crippen LogP contribution in [0.15, 0.2) is 42.2 Å². The van der Waals surface area contributed by atoms with E-state index >= 15 is 0 Å². The van der Waals surface area contributed by atoms with Crippen LogP contribution in [0.3, 0.4) is 0 Å². The molecule has 2 aliphatic rings. The molecule has 3 N–H and O–H groups in total. The molecular formula is C21H28FN7. The van der Waals surface area contributed by atoms with Crippen molar-refractivity contribution in [2.24, 2.45) is 0 Å². The van der Waals surface area contributed by atoms with E-state index in [1.165, 1.54) is 17.7 Å². The predicted octanol–water partition coefficient (Wildman–Crippen LogP) is 3.16. The number of rotatable bonds is 5. The highest BCUT2D eigenvalue weighted by Gasteiger charge is 2.39. The van der Waals surface area contributed by atoms with Crippen molar-refractivity contribution in [3.8, 4) is 0 Å². The van der Waals surface area contributed by atoms with Crippen molar-refractivity contribution in [2.45, 2.75) is 39.0 Å². The van der Waals surface area contributed by atoms with Gasteiger partial charge in [-0.15, -0.1) is 0 Å². The molecule has 3 heterocycles. The van der Waals surface area contributed by atoms with E-state index in [2.05, 4.69) is 51.6 Å². The number of halogens is 1. The standard InChI is InChI=1S/C21H28FN7/c1-14(2)12-25-21-28(3)18-13-24-20(26-16-6-4-15(22)5-7-16)27-19(18)29(21)17-8-10-23-11-9-17/h4-7,12-13,17,21,23,25H,8-11H2,1-3H3,(H,24,26,27). The largest absolute Gasteiger partial charge is 0.354 e. The van der Waals surface area contributed by atoms with Crippen molar-refractivity contribution < 1.29 is 4.39 Å². The Bertz CT molecular complexity index is 873. The van der Waals surface area contributed by atoms with Crippen molar-refractivity contribution in [3.63, 3.8) is 0 Å². The number of nitrogens with one attached hydrogen (secondary N) is 3. The van der Waals surface area contributed by atoms with Crippen LogP contribution < -0.4 is 25.8 Å². The zero-order valence-electron chi connectivity index (χ0n) is 17.1. The van der Waals surface area contributed by atoms with Crippen LogP contribution in [0.1, 0.15) is 26.7 Å². The fourth-order valence-corrected chi connectivity index (χ4v) is 3.85. The van der Waals surface area contributed by atoms with Crippen LogP contribution in [-0.4, -0.2) is 42.4 Å². The molecule has 2 aromatic rings. The third kappa shape index (κ3) is 4.12. The lowest BCUT2D eigenvalue weighted by Crippen LogP contribution is -2.56. The van der Waals surface area contributed by atoms with Crippen LogP contribution in [-0.2, 0) is 0 Å². The van der Waals surface area contributed by atoms with Crippen LogP contribution in [0.5, 0.6) is 0 Å². The van der Waals surface area contributed by atoms with E-state index in [1.807, 2.05) is 12.4 Å². The average molecular weight is 398 g/mol. The fourth-order valence-electron chi connectivity index (χ4n) is 3.85. The maximum Gasteiger partial charge on any atom is 0.229 e. The Hall–Kier alpha value is -2.87. The summed E-state index contributed by atoms with van der Waals surface area (Å²) >= 11 is 0. The summed E-state index contributed by atoms with van der Waals surface area (Å²) in [4.78, 5) is 13.9. The van der Waals surface area contributed by atoms with Gasteiger partial charge in [-0.2, -0.15) is 4.98 Å². The minimum Gasteiger partial charge on any atom is -0.354 e. The maximum absolute atomic E-state index is 13.2. The van der Waals surface area contributed by atoms with Gasteiger partial charge in [-0.05, 0) is 70.2 Å². The first kappa shape index (κ1) is 19.4. The van der Waals surface area contributed by atoms with Gasteiger partial charge in [0.25, 0.3) is 0 Å². The molecule has 0 aliphatic carbocycles. The second-order valence-electron chi connectivity index (χ2n) is 7.80. The number of fused-ring (bicyclic) bond motifs is 1. The van der Waals surface area contributed by atoms with E-state index in [4.69, 9.17) is 4.98 Å². The van der Waals surface area contributed by atoms with Crippen LogP contribution in [0, 0.1) is 5.82 Å². The Morgan fingerprint density at radius 3 is 2.62 bits per heavy atom. The molecule has 0 saturated carbocycles. The molecule has 154 valence electrons. The Kier molecular flexibility index (Phi) is 5.53.